The molecule has 0 bridgehead atoms. The minimum atomic E-state index is -4.53. The predicted octanol–water partition coefficient (Wildman–Crippen LogP) is 1.51. The first-order valence-electron chi connectivity index (χ1n) is 3.62. The Kier molecular flexibility index (Phi) is 3.22. The van der Waals surface area contributed by atoms with Gasteiger partial charge in [-0.2, -0.15) is 13.2 Å². The summed E-state index contributed by atoms with van der Waals surface area (Å²) in [5, 5.41) is 7.48. The molecule has 1 heterocycles. The summed E-state index contributed by atoms with van der Waals surface area (Å²) in [7, 11) is 0. The van der Waals surface area contributed by atoms with Crippen molar-refractivity contribution >= 4 is 17.6 Å². The molecule has 3 nitrogen and oxygen atoms in total. The molecular weight excluding hydrogens is 219 g/mol. The maximum atomic E-state index is 12.1. The van der Waals surface area contributed by atoms with Gasteiger partial charge >= 0.3 is 6.18 Å². The molecule has 14 heavy (non-hydrogen) atoms. The van der Waals surface area contributed by atoms with Crippen LogP contribution in [0.2, 0.25) is 0 Å². The summed E-state index contributed by atoms with van der Waals surface area (Å²) in [4.78, 5) is 13.6. The molecule has 0 saturated carbocycles. The molecule has 1 rings (SSSR count). The minimum absolute atomic E-state index is 0.0157. The smallest absolute Gasteiger partial charge is 0.396 e. The molecule has 1 N–H and O–H groups in total. The summed E-state index contributed by atoms with van der Waals surface area (Å²) in [5.41, 5.74) is -0.239. The topological polar surface area (TPSA) is 50.2 Å². The fourth-order valence-electron chi connectivity index (χ4n) is 0.858. The first-order valence-corrected chi connectivity index (χ1v) is 4.43. The summed E-state index contributed by atoms with van der Waals surface area (Å²) < 4.78 is 36.4. The van der Waals surface area contributed by atoms with E-state index in [-0.39, 0.29) is 29.9 Å². The number of carbonyl (C=O) groups is 1. The number of aliphatic hydroxyl groups excluding tert-OH is 1. The molecule has 0 aliphatic carbocycles. The van der Waals surface area contributed by atoms with Crippen molar-refractivity contribution < 1.29 is 23.1 Å². The number of thiazole rings is 1. The molecule has 0 aliphatic rings. The van der Waals surface area contributed by atoms with Crippen LogP contribution < -0.4 is 0 Å². The van der Waals surface area contributed by atoms with Crippen LogP contribution in [-0.2, 0) is 12.6 Å². The maximum absolute atomic E-state index is 12.1. The number of hydrogen-bond acceptors (Lipinski definition) is 4. The van der Waals surface area contributed by atoms with Crippen LogP contribution in [0.25, 0.3) is 0 Å². The number of carbonyl (C=O) groups excluding carboxylic acids is 1. The van der Waals surface area contributed by atoms with E-state index < -0.39 is 11.2 Å². The fourth-order valence-corrected chi connectivity index (χ4v) is 1.74. The summed E-state index contributed by atoms with van der Waals surface area (Å²) in [5.74, 6) is 0. The lowest BCUT2D eigenvalue weighted by Gasteiger charge is -1.98. The van der Waals surface area contributed by atoms with Crippen molar-refractivity contribution in [2.75, 3.05) is 6.61 Å². The van der Waals surface area contributed by atoms with E-state index in [0.29, 0.717) is 11.3 Å². The Bertz CT molecular complexity index is 334. The number of aromatic nitrogens is 1. The molecule has 0 aliphatic heterocycles. The number of aldehydes is 1. The molecule has 1 aromatic heterocycles. The second-order valence-electron chi connectivity index (χ2n) is 2.42. The highest BCUT2D eigenvalue weighted by Crippen LogP contribution is 2.33. The first-order chi connectivity index (χ1) is 6.49. The van der Waals surface area contributed by atoms with Crippen LogP contribution in [0.1, 0.15) is 20.4 Å². The van der Waals surface area contributed by atoms with Gasteiger partial charge in [0.05, 0.1) is 0 Å². The Hall–Kier alpha value is -0.950. The van der Waals surface area contributed by atoms with Crippen molar-refractivity contribution in [2.45, 2.75) is 12.6 Å². The van der Waals surface area contributed by atoms with Crippen molar-refractivity contribution in [3.8, 4) is 0 Å². The first kappa shape index (κ1) is 11.1. The Balaban J connectivity index is 3.06. The predicted molar refractivity (Wildman–Crippen MR) is 43.3 cm³/mol. The molecule has 0 aromatic carbocycles. The van der Waals surface area contributed by atoms with Crippen molar-refractivity contribution in [1.82, 2.24) is 4.98 Å². The van der Waals surface area contributed by atoms with Gasteiger partial charge in [-0.25, -0.2) is 4.98 Å². The van der Waals surface area contributed by atoms with Crippen molar-refractivity contribution in [1.29, 1.82) is 0 Å². The van der Waals surface area contributed by atoms with E-state index in [1.54, 1.807) is 0 Å². The third-order valence-corrected chi connectivity index (χ3v) is 2.60. The van der Waals surface area contributed by atoms with Crippen molar-refractivity contribution in [3.63, 3.8) is 0 Å². The third kappa shape index (κ3) is 2.30. The van der Waals surface area contributed by atoms with Gasteiger partial charge in [-0.1, -0.05) is 0 Å². The molecule has 0 unspecified atom stereocenters. The zero-order valence-electron chi connectivity index (χ0n) is 6.84. The van der Waals surface area contributed by atoms with Crippen LogP contribution in [0.5, 0.6) is 0 Å². The van der Waals surface area contributed by atoms with Crippen molar-refractivity contribution in [3.05, 3.63) is 15.6 Å². The van der Waals surface area contributed by atoms with E-state index >= 15 is 0 Å². The highest BCUT2D eigenvalue weighted by molar-refractivity contribution is 7.12. The number of rotatable bonds is 3. The van der Waals surface area contributed by atoms with Gasteiger partial charge < -0.3 is 5.11 Å². The maximum Gasteiger partial charge on any atom is 0.443 e. The molecule has 78 valence electrons. The lowest BCUT2D eigenvalue weighted by molar-refractivity contribution is -0.137. The van der Waals surface area contributed by atoms with E-state index in [4.69, 9.17) is 5.11 Å². The Labute approximate surface area is 81.2 Å². The summed E-state index contributed by atoms with van der Waals surface area (Å²) in [6.45, 7) is -0.305. The Morgan fingerprint density at radius 2 is 2.14 bits per heavy atom. The van der Waals surface area contributed by atoms with Gasteiger partial charge in [0.15, 0.2) is 11.3 Å². The second-order valence-corrected chi connectivity index (χ2v) is 3.50. The highest BCUT2D eigenvalue weighted by Gasteiger charge is 2.35. The van der Waals surface area contributed by atoms with Crippen LogP contribution in [0.3, 0.4) is 0 Å². The quantitative estimate of drug-likeness (QED) is 0.793. The number of halogens is 3. The van der Waals surface area contributed by atoms with Gasteiger partial charge in [0, 0.05) is 17.9 Å². The third-order valence-electron chi connectivity index (χ3n) is 1.42. The van der Waals surface area contributed by atoms with Crippen LogP contribution in [0.15, 0.2) is 0 Å². The van der Waals surface area contributed by atoms with E-state index in [0.717, 1.165) is 0 Å². The lowest BCUT2D eigenvalue weighted by Crippen LogP contribution is -2.03. The van der Waals surface area contributed by atoms with Gasteiger partial charge in [0.2, 0.25) is 0 Å². The van der Waals surface area contributed by atoms with Gasteiger partial charge in [-0.05, 0) is 0 Å². The number of aliphatic hydroxyl groups is 1. The second kappa shape index (κ2) is 4.05. The summed E-state index contributed by atoms with van der Waals surface area (Å²) in [6.07, 6.45) is -4.26. The molecule has 0 atom stereocenters. The molecule has 0 spiro atoms. The molecular formula is C7H6F3NO2S. The number of alkyl halides is 3. The molecule has 1 aromatic rings. The van der Waals surface area contributed by atoms with Gasteiger partial charge in [0.25, 0.3) is 0 Å². The van der Waals surface area contributed by atoms with Gasteiger partial charge in [-0.15, -0.1) is 11.3 Å². The van der Waals surface area contributed by atoms with E-state index in [1.807, 2.05) is 0 Å². The average molecular weight is 225 g/mol. The fraction of sp³-hybridized carbons (Fsp3) is 0.429. The van der Waals surface area contributed by atoms with Crippen LogP contribution in [-0.4, -0.2) is 23.0 Å². The Morgan fingerprint density at radius 1 is 1.50 bits per heavy atom. The molecule has 0 fully saturated rings. The largest absolute Gasteiger partial charge is 0.443 e. The van der Waals surface area contributed by atoms with Gasteiger partial charge in [0.1, 0.15) is 5.69 Å². The van der Waals surface area contributed by atoms with Crippen molar-refractivity contribution in [2.24, 2.45) is 0 Å². The van der Waals surface area contributed by atoms with Gasteiger partial charge in [-0.3, -0.25) is 4.79 Å². The SMILES string of the molecule is O=Cc1nc(C(F)(F)F)sc1CCO. The number of nitrogens with zero attached hydrogens (tertiary/aromatic N) is 1. The van der Waals surface area contributed by atoms with E-state index in [2.05, 4.69) is 4.98 Å². The molecule has 7 heteroatoms. The molecule has 0 saturated heterocycles. The average Bonchev–Trinajstić information content (AvgIpc) is 2.47. The molecule has 0 amide bonds. The summed E-state index contributed by atoms with van der Waals surface area (Å²) >= 11 is 0.388. The van der Waals surface area contributed by atoms with E-state index in [1.165, 1.54) is 0 Å². The van der Waals surface area contributed by atoms with E-state index in [9.17, 15) is 18.0 Å². The highest BCUT2D eigenvalue weighted by atomic mass is 32.1. The lowest BCUT2D eigenvalue weighted by atomic mass is 10.3. The number of hydrogen-bond donors (Lipinski definition) is 1. The standard InChI is InChI=1S/C7H6F3NO2S/c8-7(9,10)6-11-4(3-13)5(14-6)1-2-12/h3,12H,1-2H2. The molecule has 0 radical (unpaired) electrons. The zero-order chi connectivity index (χ0) is 10.8. The minimum Gasteiger partial charge on any atom is -0.396 e. The monoisotopic (exact) mass is 225 g/mol. The zero-order valence-corrected chi connectivity index (χ0v) is 7.65. The summed E-state index contributed by atoms with van der Waals surface area (Å²) in [6, 6.07) is 0. The van der Waals surface area contributed by atoms with Crippen LogP contribution in [0.4, 0.5) is 13.2 Å². The normalized spacial score (nSPS) is 11.7. The van der Waals surface area contributed by atoms with Crippen LogP contribution >= 0.6 is 11.3 Å². The Morgan fingerprint density at radius 3 is 2.57 bits per heavy atom. The van der Waals surface area contributed by atoms with Crippen LogP contribution in [0, 0.1) is 0 Å².